The Labute approximate surface area is 326 Å². The molecule has 52 heavy (non-hydrogen) atoms. The predicted molar refractivity (Wildman–Crippen MR) is 229 cm³/mol. The molecule has 0 aromatic heterocycles. The van der Waals surface area contributed by atoms with Crippen LogP contribution < -0.4 is 0 Å². The molecular formula is C48H92O4. The zero-order valence-electron chi connectivity index (χ0n) is 35.7. The molecule has 4 nitrogen and oxygen atoms in total. The summed E-state index contributed by atoms with van der Waals surface area (Å²) < 4.78 is 4.94. The van der Waals surface area contributed by atoms with Crippen molar-refractivity contribution in [2.24, 2.45) is 5.92 Å². The third kappa shape index (κ3) is 46.4. The molecule has 1 unspecified atom stereocenters. The number of carboxylic acids is 1. The van der Waals surface area contributed by atoms with Crippen molar-refractivity contribution >= 4 is 11.9 Å². The molecule has 0 radical (unpaired) electrons. The van der Waals surface area contributed by atoms with Gasteiger partial charge in [0.15, 0.2) is 0 Å². The first-order valence-electron chi connectivity index (χ1n) is 23.2. The van der Waals surface area contributed by atoms with Gasteiger partial charge in [-0.2, -0.15) is 0 Å². The average Bonchev–Trinajstić information content (AvgIpc) is 3.14. The number of aliphatic carboxylic acids is 1. The summed E-state index contributed by atoms with van der Waals surface area (Å²) in [5, 5.41) is 9.01. The largest absolute Gasteiger partial charge is 0.481 e. The van der Waals surface area contributed by atoms with E-state index in [2.05, 4.69) is 38.2 Å². The molecule has 0 aliphatic heterocycles. The molecule has 0 saturated heterocycles. The average molecular weight is 733 g/mol. The van der Waals surface area contributed by atoms with Crippen LogP contribution in [0.5, 0.6) is 0 Å². The summed E-state index contributed by atoms with van der Waals surface area (Å²) in [6, 6.07) is 0. The van der Waals surface area contributed by atoms with E-state index in [0.29, 0.717) is 13.0 Å². The van der Waals surface area contributed by atoms with Crippen LogP contribution in [0.3, 0.4) is 0 Å². The van der Waals surface area contributed by atoms with Crippen LogP contribution >= 0.6 is 0 Å². The monoisotopic (exact) mass is 733 g/mol. The maximum Gasteiger partial charge on any atom is 0.306 e. The highest BCUT2D eigenvalue weighted by Crippen LogP contribution is 2.17. The van der Waals surface area contributed by atoms with Gasteiger partial charge >= 0.3 is 11.9 Å². The number of carboxylic acid groups (broad SMARTS) is 1. The van der Waals surface area contributed by atoms with E-state index in [9.17, 15) is 9.59 Å². The molecule has 0 heterocycles. The smallest absolute Gasteiger partial charge is 0.306 e. The number of carbonyl (C=O) groups excluding carboxylic acids is 1. The molecule has 1 atom stereocenters. The first kappa shape index (κ1) is 52.5. The molecule has 0 aliphatic carbocycles. The summed E-state index contributed by atoms with van der Waals surface area (Å²) >= 11 is 0. The lowest BCUT2D eigenvalue weighted by Crippen LogP contribution is -2.12. The molecule has 0 rings (SSSR count). The minimum Gasteiger partial charge on any atom is -0.481 e. The molecule has 0 spiro atoms. The van der Waals surface area contributed by atoms with Crippen LogP contribution in [0.4, 0.5) is 0 Å². The maximum absolute atomic E-state index is 11.2. The Morgan fingerprint density at radius 3 is 1.06 bits per heavy atom. The minimum absolute atomic E-state index is 0.0338. The van der Waals surface area contributed by atoms with Crippen molar-refractivity contribution in [3.8, 4) is 0 Å². The van der Waals surface area contributed by atoms with E-state index in [1.165, 1.54) is 199 Å². The van der Waals surface area contributed by atoms with Crippen LogP contribution in [-0.4, -0.2) is 23.7 Å². The predicted octanol–water partition coefficient (Wildman–Crippen LogP) is 16.5. The van der Waals surface area contributed by atoms with Crippen molar-refractivity contribution in [1.29, 1.82) is 0 Å². The summed E-state index contributed by atoms with van der Waals surface area (Å²) in [6.07, 6.45) is 55.5. The number of ether oxygens (including phenoxy) is 1. The molecular weight excluding hydrogens is 641 g/mol. The normalized spacial score (nSPS) is 12.0. The van der Waals surface area contributed by atoms with Gasteiger partial charge in [0.05, 0.1) is 12.5 Å². The molecule has 1 N–H and O–H groups in total. The summed E-state index contributed by atoms with van der Waals surface area (Å²) in [5.41, 5.74) is 0. The van der Waals surface area contributed by atoms with Crippen LogP contribution in [0.2, 0.25) is 0 Å². The fourth-order valence-corrected chi connectivity index (χ4v) is 6.77. The SMILES string of the molecule is CCCCCCCC/C=C\CCCCCCCCCCC(CC)C(=O)O.CCCCCCCCC=CCCCCCCCCCCCC(=O)OCC. The number of hydrogen-bond acceptors (Lipinski definition) is 3. The Morgan fingerprint density at radius 1 is 0.442 bits per heavy atom. The Balaban J connectivity index is 0. The van der Waals surface area contributed by atoms with E-state index in [1.807, 2.05) is 13.8 Å². The second-order valence-electron chi connectivity index (χ2n) is 15.4. The molecule has 0 aromatic rings. The molecule has 0 aliphatic rings. The number of carbonyl (C=O) groups is 2. The standard InChI is InChI=1S/2C24H46O2/c1-3-5-6-7-8-9-10-11-12-13-14-15-16-17-18-19-20-21-22-23-24(25)26-4-2;1-3-5-6-7-8-9-10-11-12-13-14-15-16-17-18-19-20-21-22-23(4-2)24(25)26/h11-12H,3-10,13-23H2,1-2H3;11-12,23H,3-10,13-22H2,1-2H3,(H,25,26)/b;12-11-. The first-order chi connectivity index (χ1) is 25.5. The number of allylic oxidation sites excluding steroid dienone is 4. The number of rotatable bonds is 40. The highest BCUT2D eigenvalue weighted by Gasteiger charge is 2.13. The zero-order chi connectivity index (χ0) is 38.4. The van der Waals surface area contributed by atoms with E-state index >= 15 is 0 Å². The van der Waals surface area contributed by atoms with E-state index in [-0.39, 0.29) is 11.9 Å². The van der Waals surface area contributed by atoms with Crippen molar-refractivity contribution in [3.05, 3.63) is 24.3 Å². The Hall–Kier alpha value is -1.58. The van der Waals surface area contributed by atoms with E-state index in [1.54, 1.807) is 0 Å². The van der Waals surface area contributed by atoms with Crippen molar-refractivity contribution in [3.63, 3.8) is 0 Å². The van der Waals surface area contributed by atoms with Gasteiger partial charge in [0.25, 0.3) is 0 Å². The molecule has 0 bridgehead atoms. The van der Waals surface area contributed by atoms with Crippen LogP contribution in [0.25, 0.3) is 0 Å². The Morgan fingerprint density at radius 2 is 0.750 bits per heavy atom. The highest BCUT2D eigenvalue weighted by molar-refractivity contribution is 5.69. The molecule has 0 fully saturated rings. The summed E-state index contributed by atoms with van der Waals surface area (Å²) in [5.74, 6) is -0.772. The van der Waals surface area contributed by atoms with Gasteiger partial charge in [0.1, 0.15) is 0 Å². The zero-order valence-corrected chi connectivity index (χ0v) is 35.7. The first-order valence-corrected chi connectivity index (χ1v) is 23.2. The van der Waals surface area contributed by atoms with Crippen molar-refractivity contribution < 1.29 is 19.4 Å². The van der Waals surface area contributed by atoms with Gasteiger partial charge in [-0.15, -0.1) is 0 Å². The molecule has 0 saturated carbocycles. The second kappa shape index (κ2) is 47.4. The Kier molecular flexibility index (Phi) is 47.9. The fraction of sp³-hybridized carbons (Fsp3) is 0.875. The van der Waals surface area contributed by atoms with Crippen molar-refractivity contribution in [2.75, 3.05) is 6.61 Å². The van der Waals surface area contributed by atoms with Gasteiger partial charge in [-0.05, 0) is 77.6 Å². The molecule has 0 aromatic carbocycles. The number of esters is 1. The molecule has 0 amide bonds. The van der Waals surface area contributed by atoms with Gasteiger partial charge in [0, 0.05) is 6.42 Å². The third-order valence-electron chi connectivity index (χ3n) is 10.4. The maximum atomic E-state index is 11.2. The lowest BCUT2D eigenvalue weighted by atomic mass is 9.98. The lowest BCUT2D eigenvalue weighted by Gasteiger charge is -2.08. The number of hydrogen-bond donors (Lipinski definition) is 1. The number of unbranched alkanes of at least 4 members (excludes halogenated alkanes) is 29. The highest BCUT2D eigenvalue weighted by atomic mass is 16.5. The third-order valence-corrected chi connectivity index (χ3v) is 10.4. The minimum atomic E-state index is -0.617. The summed E-state index contributed by atoms with van der Waals surface area (Å²) in [7, 11) is 0. The van der Waals surface area contributed by atoms with Gasteiger partial charge in [0.2, 0.25) is 0 Å². The molecule has 308 valence electrons. The van der Waals surface area contributed by atoms with Crippen molar-refractivity contribution in [1.82, 2.24) is 0 Å². The van der Waals surface area contributed by atoms with E-state index in [0.717, 1.165) is 25.7 Å². The van der Waals surface area contributed by atoms with Gasteiger partial charge < -0.3 is 9.84 Å². The quantitative estimate of drug-likeness (QED) is 0.0387. The second-order valence-corrected chi connectivity index (χ2v) is 15.4. The lowest BCUT2D eigenvalue weighted by molar-refractivity contribution is -0.143. The van der Waals surface area contributed by atoms with Gasteiger partial charge in [-0.1, -0.05) is 199 Å². The summed E-state index contributed by atoms with van der Waals surface area (Å²) in [4.78, 5) is 22.1. The van der Waals surface area contributed by atoms with E-state index < -0.39 is 5.97 Å². The summed E-state index contributed by atoms with van der Waals surface area (Å²) in [6.45, 7) is 8.90. The van der Waals surface area contributed by atoms with Crippen LogP contribution in [0, 0.1) is 5.92 Å². The van der Waals surface area contributed by atoms with Gasteiger partial charge in [-0.25, -0.2) is 0 Å². The fourth-order valence-electron chi connectivity index (χ4n) is 6.77. The molecule has 4 heteroatoms. The van der Waals surface area contributed by atoms with Crippen molar-refractivity contribution in [2.45, 2.75) is 259 Å². The topological polar surface area (TPSA) is 63.6 Å². The van der Waals surface area contributed by atoms with Crippen LogP contribution in [0.15, 0.2) is 24.3 Å². The van der Waals surface area contributed by atoms with Gasteiger partial charge in [-0.3, -0.25) is 9.59 Å². The Bertz CT molecular complexity index is 755. The van der Waals surface area contributed by atoms with E-state index in [4.69, 9.17) is 9.84 Å². The van der Waals surface area contributed by atoms with Crippen LogP contribution in [0.1, 0.15) is 259 Å². The van der Waals surface area contributed by atoms with Crippen LogP contribution in [-0.2, 0) is 14.3 Å².